The van der Waals surface area contributed by atoms with Gasteiger partial charge in [0.15, 0.2) is 0 Å². The van der Waals surface area contributed by atoms with Gasteiger partial charge in [0.05, 0.1) is 29.0 Å². The van der Waals surface area contributed by atoms with Crippen LogP contribution in [0, 0.1) is 15.4 Å². The average Bonchev–Trinajstić information content (AvgIpc) is 3.67. The van der Waals surface area contributed by atoms with Crippen LogP contribution in [0.2, 0.25) is 0 Å². The molecule has 2 heterocycles. The summed E-state index contributed by atoms with van der Waals surface area (Å²) in [6, 6.07) is 4.46. The number of carbonyl (C=O) groups excluding carboxylic acids is 2. The lowest BCUT2D eigenvalue weighted by Crippen LogP contribution is -2.44. The van der Waals surface area contributed by atoms with Crippen LogP contribution in [0.15, 0.2) is 18.3 Å². The highest BCUT2D eigenvalue weighted by Gasteiger charge is 2.47. The Balaban J connectivity index is 1.12. The molecule has 2 aliphatic rings. The van der Waals surface area contributed by atoms with Crippen molar-refractivity contribution in [3.8, 4) is 17.6 Å². The van der Waals surface area contributed by atoms with E-state index in [1.165, 1.54) is 0 Å². The fourth-order valence-corrected chi connectivity index (χ4v) is 6.59. The van der Waals surface area contributed by atoms with Crippen molar-refractivity contribution < 1.29 is 24.2 Å². The smallest absolute Gasteiger partial charge is 0.408 e. The number of Topliss-reactive ketones (excluding diaryl/α,β-unsaturated/α-hetero) is 1. The lowest BCUT2D eigenvalue weighted by atomic mass is 10.0. The van der Waals surface area contributed by atoms with Crippen molar-refractivity contribution in [3.63, 3.8) is 0 Å². The van der Waals surface area contributed by atoms with E-state index in [1.807, 2.05) is 25.4 Å². The molecule has 264 valence electrons. The van der Waals surface area contributed by atoms with Gasteiger partial charge in [-0.1, -0.05) is 30.9 Å². The minimum absolute atomic E-state index is 0.137. The molecule has 1 saturated heterocycles. The third-order valence-corrected chi connectivity index (χ3v) is 9.93. The summed E-state index contributed by atoms with van der Waals surface area (Å²) in [5.41, 5.74) is 2.03. The third kappa shape index (κ3) is 12.3. The Kier molecular flexibility index (Phi) is 14.9. The Bertz CT molecular complexity index is 1410. The Labute approximate surface area is 299 Å². The van der Waals surface area contributed by atoms with Gasteiger partial charge < -0.3 is 29.7 Å². The van der Waals surface area contributed by atoms with Crippen LogP contribution in [0.5, 0.6) is 5.75 Å². The maximum absolute atomic E-state index is 12.5. The number of nitrogens with zero attached hydrogens (tertiary/aromatic N) is 6. The van der Waals surface area contributed by atoms with Gasteiger partial charge in [0, 0.05) is 62.4 Å². The summed E-state index contributed by atoms with van der Waals surface area (Å²) >= 11 is 2.15. The van der Waals surface area contributed by atoms with E-state index in [9.17, 15) is 14.7 Å². The van der Waals surface area contributed by atoms with Gasteiger partial charge in [-0.15, -0.1) is 5.10 Å². The summed E-state index contributed by atoms with van der Waals surface area (Å²) in [5, 5.41) is 21.7. The van der Waals surface area contributed by atoms with Crippen LogP contribution < -0.4 is 5.32 Å². The molecule has 1 aromatic heterocycles. The molecule has 0 spiro atoms. The summed E-state index contributed by atoms with van der Waals surface area (Å²) < 4.78 is 14.0. The number of phenols is 1. The standard InChI is InChI=1S/C35H52IN7O5/c1-5-42(6-2)31-11-17-41(18-12-31)24-29-22-28(23-32(36)33(29)45)8-7-15-37-34(46)48-35(13-14-35)26-47-21-20-40(4)16-10-30-25-43(39-38-30)19-9-27(3)44/h22-23,25,31,45H,5-6,9-21,24,26H2,1-4H3,(H,37,46). The molecule has 0 bridgehead atoms. The van der Waals surface area contributed by atoms with Crippen molar-refractivity contribution in [2.45, 2.75) is 84.0 Å². The molecular weight excluding hydrogens is 725 g/mol. The lowest BCUT2D eigenvalue weighted by Gasteiger charge is -2.37. The number of aromatic nitrogens is 3. The van der Waals surface area contributed by atoms with Gasteiger partial charge in [0.2, 0.25) is 0 Å². The summed E-state index contributed by atoms with van der Waals surface area (Å²) in [7, 11) is 2.03. The number of piperidine rings is 1. The first-order chi connectivity index (χ1) is 23.1. The Morgan fingerprint density at radius 2 is 1.94 bits per heavy atom. The number of benzene rings is 1. The Morgan fingerprint density at radius 1 is 1.19 bits per heavy atom. The molecule has 1 aliphatic carbocycles. The van der Waals surface area contributed by atoms with Gasteiger partial charge in [-0.2, -0.15) is 0 Å². The van der Waals surface area contributed by atoms with Gasteiger partial charge >= 0.3 is 6.09 Å². The van der Waals surface area contributed by atoms with Crippen LogP contribution in [-0.4, -0.2) is 124 Å². The number of nitrogens with one attached hydrogen (secondary N) is 1. The van der Waals surface area contributed by atoms with Gasteiger partial charge in [-0.25, -0.2) is 4.79 Å². The van der Waals surface area contributed by atoms with Crippen molar-refractivity contribution >= 4 is 34.5 Å². The van der Waals surface area contributed by atoms with Crippen LogP contribution in [0.4, 0.5) is 4.79 Å². The Hall–Kier alpha value is -2.77. The number of ketones is 1. The van der Waals surface area contributed by atoms with Gasteiger partial charge in [-0.05, 0) is 101 Å². The first-order valence-corrected chi connectivity index (χ1v) is 18.3. The fraction of sp³-hybridized carbons (Fsp3) is 0.657. The molecule has 1 amide bonds. The number of hydrogen-bond donors (Lipinski definition) is 2. The van der Waals surface area contributed by atoms with Crippen LogP contribution in [0.3, 0.4) is 0 Å². The van der Waals surface area contributed by atoms with E-state index in [0.29, 0.717) is 44.5 Å². The number of likely N-dealkylation sites (tertiary alicyclic amines) is 1. The number of carbonyl (C=O) groups is 2. The zero-order valence-corrected chi connectivity index (χ0v) is 31.1. The summed E-state index contributed by atoms with van der Waals surface area (Å²) in [5.74, 6) is 6.61. The number of aromatic hydroxyl groups is 1. The van der Waals surface area contributed by atoms with Crippen molar-refractivity contribution in [1.29, 1.82) is 0 Å². The van der Waals surface area contributed by atoms with E-state index in [2.05, 4.69) is 78.6 Å². The third-order valence-electron chi connectivity index (χ3n) is 9.10. The minimum atomic E-state index is -0.559. The predicted molar refractivity (Wildman–Crippen MR) is 193 cm³/mol. The first kappa shape index (κ1) is 38.0. The van der Waals surface area contributed by atoms with E-state index in [1.54, 1.807) is 11.6 Å². The SMILES string of the molecule is CCN(CC)C1CCN(Cc2cc(C#CCNC(=O)OC3(COCCN(C)CCc4cn(CCC(C)=O)nn4)CC3)cc(I)c2O)CC1. The zero-order valence-electron chi connectivity index (χ0n) is 29.0. The minimum Gasteiger partial charge on any atom is -0.507 e. The molecule has 4 rings (SSSR count). The number of ether oxygens (including phenoxy) is 2. The molecule has 48 heavy (non-hydrogen) atoms. The topological polar surface area (TPSA) is 125 Å². The maximum Gasteiger partial charge on any atom is 0.408 e. The van der Waals surface area contributed by atoms with Crippen molar-refractivity contribution in [2.24, 2.45) is 0 Å². The molecule has 1 aliphatic heterocycles. The molecule has 13 heteroatoms. The molecule has 0 radical (unpaired) electrons. The molecule has 2 fully saturated rings. The highest BCUT2D eigenvalue weighted by molar-refractivity contribution is 14.1. The zero-order chi connectivity index (χ0) is 34.5. The van der Waals surface area contributed by atoms with Gasteiger partial charge in [-0.3, -0.25) is 14.4 Å². The highest BCUT2D eigenvalue weighted by atomic mass is 127. The normalized spacial score (nSPS) is 16.1. The van der Waals surface area contributed by atoms with E-state index >= 15 is 0 Å². The van der Waals surface area contributed by atoms with Crippen molar-refractivity contribution in [2.75, 3.05) is 66.1 Å². The van der Waals surface area contributed by atoms with Crippen molar-refractivity contribution in [1.82, 2.24) is 35.0 Å². The second-order valence-corrected chi connectivity index (χ2v) is 14.1. The number of halogens is 1. The predicted octanol–water partition coefficient (Wildman–Crippen LogP) is 3.68. The number of aryl methyl sites for hydroxylation is 1. The largest absolute Gasteiger partial charge is 0.507 e. The number of rotatable bonds is 18. The second-order valence-electron chi connectivity index (χ2n) is 13.0. The van der Waals surface area contributed by atoms with Crippen molar-refractivity contribution in [3.05, 3.63) is 38.7 Å². The molecule has 12 nitrogen and oxygen atoms in total. The van der Waals surface area contributed by atoms with Crippen LogP contribution in [0.1, 0.15) is 69.7 Å². The van der Waals surface area contributed by atoms with Gasteiger partial charge in [0.1, 0.15) is 17.1 Å². The number of hydrogen-bond acceptors (Lipinski definition) is 10. The molecule has 1 saturated carbocycles. The molecule has 2 aromatic rings. The van der Waals surface area contributed by atoms with E-state index in [4.69, 9.17) is 9.47 Å². The second kappa shape index (κ2) is 18.8. The van der Waals surface area contributed by atoms with Gasteiger partial charge in [0.25, 0.3) is 0 Å². The number of phenolic OH excluding ortho intramolecular Hbond substituents is 1. The fourth-order valence-electron chi connectivity index (χ4n) is 5.91. The van der Waals surface area contributed by atoms with E-state index in [0.717, 1.165) is 91.8 Å². The molecule has 1 aromatic carbocycles. The first-order valence-electron chi connectivity index (χ1n) is 17.2. The van der Waals surface area contributed by atoms with E-state index in [-0.39, 0.29) is 12.3 Å². The maximum atomic E-state index is 12.5. The van der Waals surface area contributed by atoms with Crippen LogP contribution >= 0.6 is 22.6 Å². The summed E-state index contributed by atoms with van der Waals surface area (Å²) in [6.07, 6.45) is 6.46. The highest BCUT2D eigenvalue weighted by Crippen LogP contribution is 2.39. The van der Waals surface area contributed by atoms with Crippen LogP contribution in [0.25, 0.3) is 0 Å². The Morgan fingerprint density at radius 3 is 2.62 bits per heavy atom. The lowest BCUT2D eigenvalue weighted by molar-refractivity contribution is -0.117. The summed E-state index contributed by atoms with van der Waals surface area (Å²) in [4.78, 5) is 30.8. The van der Waals surface area contributed by atoms with E-state index < -0.39 is 11.7 Å². The molecule has 0 atom stereocenters. The molecule has 2 N–H and O–H groups in total. The number of alkyl carbamates (subject to hydrolysis) is 1. The molecule has 0 unspecified atom stereocenters. The number of likely N-dealkylation sites (N-methyl/N-ethyl adjacent to an activating group) is 1. The summed E-state index contributed by atoms with van der Waals surface area (Å²) in [6.45, 7) is 14.1. The molecular formula is C35H52IN7O5. The average molecular weight is 778 g/mol. The van der Waals surface area contributed by atoms with Crippen LogP contribution in [-0.2, 0) is 33.8 Å². The monoisotopic (exact) mass is 777 g/mol. The quantitative estimate of drug-likeness (QED) is 0.132. The number of amides is 1.